The fourth-order valence-electron chi connectivity index (χ4n) is 4.06. The monoisotopic (exact) mass is 301 g/mol. The number of hydrogen-bond acceptors (Lipinski definition) is 3. The molecule has 0 unspecified atom stereocenters. The van der Waals surface area contributed by atoms with E-state index in [9.17, 15) is 0 Å². The molecule has 0 bridgehead atoms. The van der Waals surface area contributed by atoms with E-state index in [4.69, 9.17) is 4.98 Å². The van der Waals surface area contributed by atoms with Gasteiger partial charge in [-0.15, -0.1) is 0 Å². The summed E-state index contributed by atoms with van der Waals surface area (Å²) >= 11 is 0. The fourth-order valence-corrected chi connectivity index (χ4v) is 4.06. The van der Waals surface area contributed by atoms with Gasteiger partial charge < -0.3 is 4.90 Å². The first-order valence-electron chi connectivity index (χ1n) is 9.11. The van der Waals surface area contributed by atoms with Gasteiger partial charge in [0.1, 0.15) is 5.82 Å². The summed E-state index contributed by atoms with van der Waals surface area (Å²) in [6.45, 7) is 11.7. The lowest BCUT2D eigenvalue weighted by atomic mass is 9.93. The molecule has 1 aromatic heterocycles. The number of piperidine rings is 1. The molecule has 2 aliphatic rings. The first-order chi connectivity index (χ1) is 10.6. The van der Waals surface area contributed by atoms with Crippen molar-refractivity contribution >= 4 is 5.82 Å². The van der Waals surface area contributed by atoms with E-state index in [1.165, 1.54) is 75.4 Å². The lowest BCUT2D eigenvalue weighted by molar-refractivity contribution is 0.131. The summed E-state index contributed by atoms with van der Waals surface area (Å²) in [5, 5.41) is 0. The lowest BCUT2D eigenvalue weighted by Gasteiger charge is -2.37. The van der Waals surface area contributed by atoms with Crippen molar-refractivity contribution < 1.29 is 0 Å². The fraction of sp³-hybridized carbons (Fsp3) is 0.737. The molecule has 0 N–H and O–H groups in total. The van der Waals surface area contributed by atoms with E-state index >= 15 is 0 Å². The van der Waals surface area contributed by atoms with Crippen LogP contribution in [0, 0.1) is 12.8 Å². The van der Waals surface area contributed by atoms with Crippen molar-refractivity contribution in [2.45, 2.75) is 58.9 Å². The predicted molar refractivity (Wildman–Crippen MR) is 93.4 cm³/mol. The van der Waals surface area contributed by atoms with Crippen molar-refractivity contribution in [2.75, 3.05) is 31.1 Å². The molecule has 1 atom stereocenters. The molecule has 0 aliphatic carbocycles. The number of rotatable bonds is 4. The van der Waals surface area contributed by atoms with Crippen LogP contribution in [0.4, 0.5) is 5.82 Å². The topological polar surface area (TPSA) is 19.4 Å². The van der Waals surface area contributed by atoms with Crippen molar-refractivity contribution in [3.8, 4) is 0 Å². The summed E-state index contributed by atoms with van der Waals surface area (Å²) in [7, 11) is 0. The Kier molecular flexibility index (Phi) is 5.02. The molecule has 3 nitrogen and oxygen atoms in total. The zero-order valence-corrected chi connectivity index (χ0v) is 14.5. The second-order valence-electron chi connectivity index (χ2n) is 7.44. The molecule has 3 heterocycles. The van der Waals surface area contributed by atoms with Crippen LogP contribution in [0.5, 0.6) is 0 Å². The molecule has 3 heteroatoms. The minimum Gasteiger partial charge on any atom is -0.357 e. The number of aromatic nitrogens is 1. The third-order valence-electron chi connectivity index (χ3n) is 5.11. The van der Waals surface area contributed by atoms with Crippen LogP contribution in [0.2, 0.25) is 0 Å². The maximum atomic E-state index is 4.94. The lowest BCUT2D eigenvalue weighted by Crippen LogP contribution is -2.36. The number of aryl methyl sites for hydroxylation is 1. The first-order valence-corrected chi connectivity index (χ1v) is 9.11. The van der Waals surface area contributed by atoms with Gasteiger partial charge in [0.05, 0.1) is 0 Å². The highest BCUT2D eigenvalue weighted by Crippen LogP contribution is 2.33. The number of hydrogen-bond donors (Lipinski definition) is 0. The van der Waals surface area contributed by atoms with Crippen LogP contribution < -0.4 is 4.90 Å². The molecular formula is C19H31N3. The second kappa shape index (κ2) is 6.99. The van der Waals surface area contributed by atoms with Crippen molar-refractivity contribution in [3.63, 3.8) is 0 Å². The van der Waals surface area contributed by atoms with Gasteiger partial charge in [-0.1, -0.05) is 26.3 Å². The number of nitrogens with zero attached hydrogens (tertiary/aromatic N) is 3. The van der Waals surface area contributed by atoms with Crippen molar-refractivity contribution in [2.24, 2.45) is 5.92 Å². The van der Waals surface area contributed by atoms with Gasteiger partial charge in [-0.05, 0) is 56.7 Å². The largest absolute Gasteiger partial charge is 0.357 e. The van der Waals surface area contributed by atoms with Crippen LogP contribution >= 0.6 is 0 Å². The first kappa shape index (κ1) is 15.8. The Morgan fingerprint density at radius 3 is 2.50 bits per heavy atom. The molecule has 22 heavy (non-hydrogen) atoms. The average Bonchev–Trinajstić information content (AvgIpc) is 3.02. The van der Waals surface area contributed by atoms with E-state index < -0.39 is 0 Å². The predicted octanol–water partition coefficient (Wildman–Crippen LogP) is 4.17. The van der Waals surface area contributed by atoms with E-state index in [0.717, 1.165) is 5.92 Å². The summed E-state index contributed by atoms with van der Waals surface area (Å²) in [6.07, 6.45) is 6.62. The van der Waals surface area contributed by atoms with Gasteiger partial charge in [-0.3, -0.25) is 4.90 Å². The van der Waals surface area contributed by atoms with Crippen LogP contribution in [0.15, 0.2) is 12.1 Å². The third-order valence-corrected chi connectivity index (χ3v) is 5.11. The second-order valence-corrected chi connectivity index (χ2v) is 7.44. The summed E-state index contributed by atoms with van der Waals surface area (Å²) in [4.78, 5) is 10.1. The number of pyridine rings is 1. The Labute approximate surface area is 135 Å². The summed E-state index contributed by atoms with van der Waals surface area (Å²) < 4.78 is 0. The Morgan fingerprint density at radius 1 is 1.09 bits per heavy atom. The standard InChI is InChI=1S/C19H31N3/c1-15(2)14-22-13-5-4-8-18(22)17-9-10-19(20-16(17)3)21-11-6-7-12-21/h9-10,15,18H,4-8,11-14H2,1-3H3/t18-/m0/s1. The summed E-state index contributed by atoms with van der Waals surface area (Å²) in [5.41, 5.74) is 2.70. The molecule has 3 rings (SSSR count). The van der Waals surface area contributed by atoms with Crippen LogP contribution in [-0.4, -0.2) is 36.1 Å². The van der Waals surface area contributed by atoms with Crippen molar-refractivity contribution in [1.82, 2.24) is 9.88 Å². The average molecular weight is 301 g/mol. The third kappa shape index (κ3) is 3.45. The Balaban J connectivity index is 1.80. The van der Waals surface area contributed by atoms with E-state index in [2.05, 4.69) is 42.7 Å². The van der Waals surface area contributed by atoms with Crippen LogP contribution in [0.3, 0.4) is 0 Å². The van der Waals surface area contributed by atoms with Gasteiger partial charge in [0.15, 0.2) is 0 Å². The molecule has 2 saturated heterocycles. The molecule has 0 radical (unpaired) electrons. The maximum absolute atomic E-state index is 4.94. The zero-order valence-electron chi connectivity index (χ0n) is 14.5. The summed E-state index contributed by atoms with van der Waals surface area (Å²) in [6, 6.07) is 5.20. The van der Waals surface area contributed by atoms with Gasteiger partial charge in [0.25, 0.3) is 0 Å². The molecule has 0 saturated carbocycles. The normalized spacial score (nSPS) is 23.5. The molecule has 2 fully saturated rings. The smallest absolute Gasteiger partial charge is 0.128 e. The molecule has 0 spiro atoms. The number of likely N-dealkylation sites (tertiary alicyclic amines) is 1. The van der Waals surface area contributed by atoms with Crippen molar-refractivity contribution in [1.29, 1.82) is 0 Å². The molecular weight excluding hydrogens is 270 g/mol. The Morgan fingerprint density at radius 2 is 1.82 bits per heavy atom. The molecule has 2 aliphatic heterocycles. The van der Waals surface area contributed by atoms with Gasteiger partial charge in [-0.2, -0.15) is 0 Å². The highest BCUT2D eigenvalue weighted by atomic mass is 15.2. The highest BCUT2D eigenvalue weighted by molar-refractivity contribution is 5.43. The van der Waals surface area contributed by atoms with Gasteiger partial charge in [0, 0.05) is 31.4 Å². The van der Waals surface area contributed by atoms with Crippen LogP contribution in [0.25, 0.3) is 0 Å². The minimum absolute atomic E-state index is 0.580. The van der Waals surface area contributed by atoms with E-state index in [1.807, 2.05) is 0 Å². The number of anilines is 1. The molecule has 1 aromatic rings. The molecule has 0 amide bonds. The van der Waals surface area contributed by atoms with E-state index in [-0.39, 0.29) is 0 Å². The van der Waals surface area contributed by atoms with Gasteiger partial charge >= 0.3 is 0 Å². The van der Waals surface area contributed by atoms with Crippen molar-refractivity contribution in [3.05, 3.63) is 23.4 Å². The SMILES string of the molecule is Cc1nc(N2CCCC2)ccc1[C@@H]1CCCCN1CC(C)C. The van der Waals surface area contributed by atoms with Gasteiger partial charge in [0.2, 0.25) is 0 Å². The quantitative estimate of drug-likeness (QED) is 0.832. The van der Waals surface area contributed by atoms with Gasteiger partial charge in [-0.25, -0.2) is 4.98 Å². The molecule has 122 valence electrons. The maximum Gasteiger partial charge on any atom is 0.128 e. The highest BCUT2D eigenvalue weighted by Gasteiger charge is 2.26. The van der Waals surface area contributed by atoms with E-state index in [1.54, 1.807) is 0 Å². The van der Waals surface area contributed by atoms with E-state index in [0.29, 0.717) is 6.04 Å². The Hall–Kier alpha value is -1.09. The Bertz CT molecular complexity index is 491. The minimum atomic E-state index is 0.580. The molecule has 0 aromatic carbocycles. The zero-order chi connectivity index (χ0) is 15.5. The van der Waals surface area contributed by atoms with Crippen LogP contribution in [0.1, 0.15) is 63.3 Å². The summed E-state index contributed by atoms with van der Waals surface area (Å²) in [5.74, 6) is 1.92. The van der Waals surface area contributed by atoms with Crippen LogP contribution in [-0.2, 0) is 0 Å².